The maximum Gasteiger partial charge on any atom is 0.235 e. The van der Waals surface area contributed by atoms with Crippen molar-refractivity contribution in [2.75, 3.05) is 26.2 Å². The Morgan fingerprint density at radius 2 is 2.31 bits per heavy atom. The van der Waals surface area contributed by atoms with Crippen molar-refractivity contribution in [2.45, 2.75) is 39.2 Å². The summed E-state index contributed by atoms with van der Waals surface area (Å²) in [7, 11) is 0. The summed E-state index contributed by atoms with van der Waals surface area (Å²) in [5.74, 6) is 0.584. The quantitative estimate of drug-likeness (QED) is 0.668. The first-order valence-electron chi connectivity index (χ1n) is 6.42. The molecule has 1 amide bonds. The molecule has 16 heavy (non-hydrogen) atoms. The van der Waals surface area contributed by atoms with Crippen LogP contribution in [0.1, 0.15) is 33.1 Å². The van der Waals surface area contributed by atoms with Crippen LogP contribution >= 0.6 is 0 Å². The first-order valence-corrected chi connectivity index (χ1v) is 6.42. The van der Waals surface area contributed by atoms with Gasteiger partial charge in [0.1, 0.15) is 0 Å². The van der Waals surface area contributed by atoms with E-state index in [0.29, 0.717) is 0 Å². The van der Waals surface area contributed by atoms with Crippen molar-refractivity contribution < 1.29 is 4.79 Å². The third-order valence-electron chi connectivity index (χ3n) is 3.30. The zero-order valence-electron chi connectivity index (χ0n) is 10.5. The highest BCUT2D eigenvalue weighted by atomic mass is 16.1. The summed E-state index contributed by atoms with van der Waals surface area (Å²) >= 11 is 0. The van der Waals surface area contributed by atoms with E-state index in [1.54, 1.807) is 0 Å². The number of hydrogen-bond donors (Lipinski definition) is 2. The number of nitrogens with zero attached hydrogens (tertiary/aromatic N) is 1. The molecule has 2 unspecified atom stereocenters. The maximum atomic E-state index is 11.2. The predicted molar refractivity (Wildman–Crippen MR) is 66.1 cm³/mol. The summed E-state index contributed by atoms with van der Waals surface area (Å²) in [6, 6.07) is -0.189. The van der Waals surface area contributed by atoms with Gasteiger partial charge in [-0.05, 0) is 31.8 Å². The normalized spacial score (nSPS) is 23.5. The Labute approximate surface area is 98.6 Å². The van der Waals surface area contributed by atoms with Crippen LogP contribution in [0, 0.1) is 5.92 Å². The van der Waals surface area contributed by atoms with Gasteiger partial charge in [-0.2, -0.15) is 0 Å². The minimum atomic E-state index is -0.235. The standard InChI is InChI=1S/C12H25N3O/c1-3-5-10-6-7-15(8-10)9-11(12(13)16)14-4-2/h10-11,14H,3-9H2,1-2H3,(H2,13,16). The zero-order chi connectivity index (χ0) is 12.0. The summed E-state index contributed by atoms with van der Waals surface area (Å²) in [4.78, 5) is 13.6. The van der Waals surface area contributed by atoms with Crippen LogP contribution in [-0.4, -0.2) is 43.0 Å². The first kappa shape index (κ1) is 13.5. The lowest BCUT2D eigenvalue weighted by Gasteiger charge is -2.22. The second kappa shape index (κ2) is 6.86. The monoisotopic (exact) mass is 227 g/mol. The van der Waals surface area contributed by atoms with Crippen LogP contribution in [0.25, 0.3) is 0 Å². The highest BCUT2D eigenvalue weighted by Crippen LogP contribution is 2.20. The maximum absolute atomic E-state index is 11.2. The van der Waals surface area contributed by atoms with Gasteiger partial charge in [-0.25, -0.2) is 0 Å². The summed E-state index contributed by atoms with van der Waals surface area (Å²) in [6.45, 7) is 8.03. The van der Waals surface area contributed by atoms with Crippen molar-refractivity contribution in [1.29, 1.82) is 0 Å². The molecule has 0 spiro atoms. The van der Waals surface area contributed by atoms with E-state index in [-0.39, 0.29) is 11.9 Å². The molecule has 0 bridgehead atoms. The molecule has 4 nitrogen and oxygen atoms in total. The molecule has 1 heterocycles. The number of rotatable bonds is 7. The van der Waals surface area contributed by atoms with Crippen molar-refractivity contribution in [1.82, 2.24) is 10.2 Å². The van der Waals surface area contributed by atoms with Crippen molar-refractivity contribution >= 4 is 5.91 Å². The van der Waals surface area contributed by atoms with Crippen molar-refractivity contribution in [3.63, 3.8) is 0 Å². The van der Waals surface area contributed by atoms with Crippen LogP contribution in [0.2, 0.25) is 0 Å². The molecule has 0 radical (unpaired) electrons. The molecule has 0 aromatic heterocycles. The molecule has 94 valence electrons. The van der Waals surface area contributed by atoms with E-state index >= 15 is 0 Å². The molecular weight excluding hydrogens is 202 g/mol. The van der Waals surface area contributed by atoms with E-state index in [2.05, 4.69) is 17.1 Å². The number of likely N-dealkylation sites (N-methyl/N-ethyl adjacent to an activating group) is 1. The fraction of sp³-hybridized carbons (Fsp3) is 0.917. The largest absolute Gasteiger partial charge is 0.368 e. The third-order valence-corrected chi connectivity index (χ3v) is 3.30. The molecule has 0 aromatic rings. The summed E-state index contributed by atoms with van der Waals surface area (Å²) in [6.07, 6.45) is 3.83. The van der Waals surface area contributed by atoms with Gasteiger partial charge >= 0.3 is 0 Å². The van der Waals surface area contributed by atoms with Crippen LogP contribution in [0.3, 0.4) is 0 Å². The fourth-order valence-electron chi connectivity index (χ4n) is 2.48. The van der Waals surface area contributed by atoms with Gasteiger partial charge in [0.2, 0.25) is 5.91 Å². The van der Waals surface area contributed by atoms with E-state index < -0.39 is 0 Å². The van der Waals surface area contributed by atoms with Crippen LogP contribution in [0.5, 0.6) is 0 Å². The average molecular weight is 227 g/mol. The minimum absolute atomic E-state index is 0.189. The Bertz CT molecular complexity index is 220. The second-order valence-corrected chi connectivity index (χ2v) is 4.72. The number of likely N-dealkylation sites (tertiary alicyclic amines) is 1. The highest BCUT2D eigenvalue weighted by molar-refractivity contribution is 5.80. The molecule has 1 aliphatic rings. The Hall–Kier alpha value is -0.610. The van der Waals surface area contributed by atoms with Crippen molar-refractivity contribution in [3.05, 3.63) is 0 Å². The molecule has 1 aliphatic heterocycles. The smallest absolute Gasteiger partial charge is 0.235 e. The zero-order valence-corrected chi connectivity index (χ0v) is 10.5. The second-order valence-electron chi connectivity index (χ2n) is 4.72. The van der Waals surface area contributed by atoms with Gasteiger partial charge in [-0.1, -0.05) is 20.3 Å². The molecule has 0 aromatic carbocycles. The molecule has 4 heteroatoms. The predicted octanol–water partition coefficient (Wildman–Crippen LogP) is 0.572. The van der Waals surface area contributed by atoms with Gasteiger partial charge in [-0.15, -0.1) is 0 Å². The summed E-state index contributed by atoms with van der Waals surface area (Å²) < 4.78 is 0. The Morgan fingerprint density at radius 3 is 2.88 bits per heavy atom. The SMILES string of the molecule is CCCC1CCN(CC(NCC)C(N)=O)C1. The Balaban J connectivity index is 2.33. The minimum Gasteiger partial charge on any atom is -0.368 e. The number of hydrogen-bond acceptors (Lipinski definition) is 3. The van der Waals surface area contributed by atoms with E-state index in [4.69, 9.17) is 5.73 Å². The number of carbonyl (C=O) groups is 1. The topological polar surface area (TPSA) is 58.4 Å². The Morgan fingerprint density at radius 1 is 1.56 bits per heavy atom. The molecule has 1 rings (SSSR count). The van der Waals surface area contributed by atoms with Gasteiger partial charge < -0.3 is 16.0 Å². The molecule has 0 aliphatic carbocycles. The number of nitrogens with two attached hydrogens (primary N) is 1. The Kier molecular flexibility index (Phi) is 5.77. The lowest BCUT2D eigenvalue weighted by Crippen LogP contribution is -2.48. The number of nitrogens with one attached hydrogen (secondary N) is 1. The molecule has 0 saturated carbocycles. The highest BCUT2D eigenvalue weighted by Gasteiger charge is 2.25. The van der Waals surface area contributed by atoms with Gasteiger partial charge in [-0.3, -0.25) is 4.79 Å². The molecular formula is C12H25N3O. The van der Waals surface area contributed by atoms with Gasteiger partial charge in [0, 0.05) is 13.1 Å². The van der Waals surface area contributed by atoms with Crippen molar-refractivity contribution in [2.24, 2.45) is 11.7 Å². The van der Waals surface area contributed by atoms with E-state index in [1.807, 2.05) is 6.92 Å². The van der Waals surface area contributed by atoms with E-state index in [1.165, 1.54) is 19.3 Å². The third kappa shape index (κ3) is 4.10. The van der Waals surface area contributed by atoms with Crippen LogP contribution < -0.4 is 11.1 Å². The molecule has 1 saturated heterocycles. The number of primary amides is 1. The van der Waals surface area contributed by atoms with Gasteiger partial charge in [0.25, 0.3) is 0 Å². The molecule has 3 N–H and O–H groups in total. The molecule has 2 atom stereocenters. The fourth-order valence-corrected chi connectivity index (χ4v) is 2.48. The van der Waals surface area contributed by atoms with Crippen LogP contribution in [0.15, 0.2) is 0 Å². The first-order chi connectivity index (χ1) is 7.67. The number of amides is 1. The average Bonchev–Trinajstić information content (AvgIpc) is 2.65. The summed E-state index contributed by atoms with van der Waals surface area (Å²) in [5, 5.41) is 3.14. The van der Waals surface area contributed by atoms with Gasteiger partial charge in [0.15, 0.2) is 0 Å². The van der Waals surface area contributed by atoms with Crippen LogP contribution in [0.4, 0.5) is 0 Å². The summed E-state index contributed by atoms with van der Waals surface area (Å²) in [5.41, 5.74) is 5.37. The van der Waals surface area contributed by atoms with E-state index in [9.17, 15) is 4.79 Å². The lowest BCUT2D eigenvalue weighted by atomic mass is 10.0. The van der Waals surface area contributed by atoms with E-state index in [0.717, 1.165) is 32.1 Å². The van der Waals surface area contributed by atoms with Gasteiger partial charge in [0.05, 0.1) is 6.04 Å². The lowest BCUT2D eigenvalue weighted by molar-refractivity contribution is -0.120. The van der Waals surface area contributed by atoms with Crippen molar-refractivity contribution in [3.8, 4) is 0 Å². The molecule has 1 fully saturated rings. The van der Waals surface area contributed by atoms with Crippen LogP contribution in [-0.2, 0) is 4.79 Å². The number of carbonyl (C=O) groups excluding carboxylic acids is 1.